The van der Waals surface area contributed by atoms with E-state index < -0.39 is 0 Å². The summed E-state index contributed by atoms with van der Waals surface area (Å²) in [6, 6.07) is 5.90. The molecule has 0 radical (unpaired) electrons. The minimum atomic E-state index is -0.318. The smallest absolute Gasteiger partial charge is 0.249 e. The van der Waals surface area contributed by atoms with Gasteiger partial charge in [-0.05, 0) is 36.5 Å². The second-order valence-electron chi connectivity index (χ2n) is 5.38. The first kappa shape index (κ1) is 13.6. The highest BCUT2D eigenvalue weighted by molar-refractivity contribution is 6.01. The summed E-state index contributed by atoms with van der Waals surface area (Å²) in [4.78, 5) is 22.8. The molecule has 1 aliphatic heterocycles. The van der Waals surface area contributed by atoms with E-state index in [0.29, 0.717) is 18.8 Å². The summed E-state index contributed by atoms with van der Waals surface area (Å²) in [5, 5.41) is 5.58. The van der Waals surface area contributed by atoms with Crippen molar-refractivity contribution in [2.45, 2.75) is 45.6 Å². The Morgan fingerprint density at radius 2 is 2.05 bits per heavy atom. The summed E-state index contributed by atoms with van der Waals surface area (Å²) in [7, 11) is 0. The van der Waals surface area contributed by atoms with Crippen LogP contribution in [0.3, 0.4) is 0 Å². The van der Waals surface area contributed by atoms with Gasteiger partial charge in [0.25, 0.3) is 0 Å². The third kappa shape index (κ3) is 3.13. The number of amides is 2. The Morgan fingerprint density at radius 1 is 1.32 bits per heavy atom. The van der Waals surface area contributed by atoms with E-state index in [-0.39, 0.29) is 17.9 Å². The molecule has 19 heavy (non-hydrogen) atoms. The Bertz CT molecular complexity index is 509. The van der Waals surface area contributed by atoms with Gasteiger partial charge in [0, 0.05) is 12.1 Å². The van der Waals surface area contributed by atoms with Gasteiger partial charge in [-0.15, -0.1) is 0 Å². The van der Waals surface area contributed by atoms with Crippen LogP contribution in [0.25, 0.3) is 0 Å². The van der Waals surface area contributed by atoms with Crippen LogP contribution in [0.1, 0.15) is 43.7 Å². The number of nitrogens with one attached hydrogen (secondary N) is 2. The summed E-state index contributed by atoms with van der Waals surface area (Å²) in [6.07, 6.45) is 0.947. The van der Waals surface area contributed by atoms with E-state index >= 15 is 0 Å². The van der Waals surface area contributed by atoms with Gasteiger partial charge in [-0.2, -0.15) is 0 Å². The Morgan fingerprint density at radius 3 is 2.63 bits per heavy atom. The molecule has 1 atom stereocenters. The van der Waals surface area contributed by atoms with Gasteiger partial charge >= 0.3 is 0 Å². The molecule has 0 bridgehead atoms. The number of hydrogen-bond acceptors (Lipinski definition) is 3. The Labute approximate surface area is 113 Å². The summed E-state index contributed by atoms with van der Waals surface area (Å²) in [5.41, 5.74) is 3.36. The fraction of sp³-hybridized carbons (Fsp3) is 0.467. The van der Waals surface area contributed by atoms with E-state index in [9.17, 15) is 9.59 Å². The topological polar surface area (TPSA) is 58.2 Å². The highest BCUT2D eigenvalue weighted by Crippen LogP contribution is 2.23. The minimum absolute atomic E-state index is 0.185. The molecule has 4 heteroatoms. The van der Waals surface area contributed by atoms with Crippen molar-refractivity contribution in [1.29, 1.82) is 0 Å². The van der Waals surface area contributed by atoms with Crippen LogP contribution < -0.4 is 10.6 Å². The van der Waals surface area contributed by atoms with Gasteiger partial charge in [-0.25, -0.2) is 0 Å². The lowest BCUT2D eigenvalue weighted by Gasteiger charge is -2.24. The number of piperidine rings is 1. The van der Waals surface area contributed by atoms with E-state index in [0.717, 1.165) is 11.3 Å². The number of anilines is 1. The van der Waals surface area contributed by atoms with Crippen molar-refractivity contribution in [3.05, 3.63) is 29.3 Å². The summed E-state index contributed by atoms with van der Waals surface area (Å²) in [6.45, 7) is 6.34. The average Bonchev–Trinajstić information content (AvgIpc) is 2.34. The molecule has 4 nitrogen and oxygen atoms in total. The van der Waals surface area contributed by atoms with Gasteiger partial charge in [0.1, 0.15) is 6.04 Å². The monoisotopic (exact) mass is 260 g/mol. The predicted octanol–water partition coefficient (Wildman–Crippen LogP) is 2.34. The van der Waals surface area contributed by atoms with E-state index in [1.54, 1.807) is 0 Å². The largest absolute Gasteiger partial charge is 0.373 e. The minimum Gasteiger partial charge on any atom is -0.373 e. The first-order valence-corrected chi connectivity index (χ1v) is 6.68. The maximum absolute atomic E-state index is 11.7. The summed E-state index contributed by atoms with van der Waals surface area (Å²) >= 11 is 0. The highest BCUT2D eigenvalue weighted by atomic mass is 16.2. The van der Waals surface area contributed by atoms with E-state index in [1.807, 2.05) is 13.0 Å². The molecule has 1 aromatic rings. The lowest BCUT2D eigenvalue weighted by molar-refractivity contribution is -0.133. The third-order valence-electron chi connectivity index (χ3n) is 3.49. The molecule has 2 amide bonds. The number of rotatable bonds is 3. The second kappa shape index (κ2) is 5.43. The lowest BCUT2D eigenvalue weighted by Crippen LogP contribution is -2.47. The van der Waals surface area contributed by atoms with Crippen molar-refractivity contribution >= 4 is 17.5 Å². The fourth-order valence-corrected chi connectivity index (χ4v) is 2.23. The molecule has 0 spiro atoms. The van der Waals surface area contributed by atoms with Crippen LogP contribution in [0.4, 0.5) is 5.69 Å². The first-order valence-electron chi connectivity index (χ1n) is 6.68. The SMILES string of the molecule is Cc1cc(C(C)C)ccc1NC1CCC(=O)NC1=O. The van der Waals surface area contributed by atoms with Crippen LogP contribution in [0.2, 0.25) is 0 Å². The Kier molecular flexibility index (Phi) is 3.88. The van der Waals surface area contributed by atoms with E-state index in [1.165, 1.54) is 5.56 Å². The van der Waals surface area contributed by atoms with Crippen molar-refractivity contribution in [1.82, 2.24) is 5.32 Å². The molecule has 0 aliphatic carbocycles. The van der Waals surface area contributed by atoms with Gasteiger partial charge in [-0.1, -0.05) is 26.0 Å². The number of aryl methyl sites for hydroxylation is 1. The molecule has 1 aromatic carbocycles. The summed E-state index contributed by atoms with van der Waals surface area (Å²) < 4.78 is 0. The Balaban J connectivity index is 2.11. The molecule has 1 saturated heterocycles. The van der Waals surface area contributed by atoms with Gasteiger partial charge in [0.05, 0.1) is 0 Å². The number of carbonyl (C=O) groups excluding carboxylic acids is 2. The zero-order valence-corrected chi connectivity index (χ0v) is 11.6. The molecule has 0 saturated carbocycles. The van der Waals surface area contributed by atoms with Crippen molar-refractivity contribution in [2.24, 2.45) is 0 Å². The van der Waals surface area contributed by atoms with Crippen LogP contribution in [-0.4, -0.2) is 17.9 Å². The normalized spacial score (nSPS) is 19.5. The zero-order chi connectivity index (χ0) is 14.0. The molecule has 2 N–H and O–H groups in total. The first-order chi connectivity index (χ1) is 8.97. The Hall–Kier alpha value is -1.84. The molecule has 0 aromatic heterocycles. The molecular formula is C15H20N2O2. The fourth-order valence-electron chi connectivity index (χ4n) is 2.23. The molecule has 1 unspecified atom stereocenters. The molecule has 1 heterocycles. The standard InChI is InChI=1S/C15H20N2O2/c1-9(2)11-4-5-12(10(3)8-11)16-13-6-7-14(18)17-15(13)19/h4-5,8-9,13,16H,6-7H2,1-3H3,(H,17,18,19). The number of imide groups is 1. The van der Waals surface area contributed by atoms with Crippen molar-refractivity contribution in [2.75, 3.05) is 5.32 Å². The van der Waals surface area contributed by atoms with Crippen molar-refractivity contribution < 1.29 is 9.59 Å². The maximum Gasteiger partial charge on any atom is 0.249 e. The highest BCUT2D eigenvalue weighted by Gasteiger charge is 2.26. The number of carbonyl (C=O) groups is 2. The maximum atomic E-state index is 11.7. The molecule has 1 fully saturated rings. The molecule has 2 rings (SSSR count). The van der Waals surface area contributed by atoms with Crippen LogP contribution >= 0.6 is 0 Å². The van der Waals surface area contributed by atoms with E-state index in [2.05, 4.69) is 36.6 Å². The molecular weight excluding hydrogens is 240 g/mol. The van der Waals surface area contributed by atoms with Crippen LogP contribution in [0, 0.1) is 6.92 Å². The predicted molar refractivity (Wildman–Crippen MR) is 75.1 cm³/mol. The third-order valence-corrected chi connectivity index (χ3v) is 3.49. The number of benzene rings is 1. The second-order valence-corrected chi connectivity index (χ2v) is 5.38. The van der Waals surface area contributed by atoms with Crippen LogP contribution in [-0.2, 0) is 9.59 Å². The van der Waals surface area contributed by atoms with Crippen LogP contribution in [0.5, 0.6) is 0 Å². The van der Waals surface area contributed by atoms with E-state index in [4.69, 9.17) is 0 Å². The van der Waals surface area contributed by atoms with Crippen LogP contribution in [0.15, 0.2) is 18.2 Å². The van der Waals surface area contributed by atoms with Gasteiger partial charge in [0.15, 0.2) is 0 Å². The van der Waals surface area contributed by atoms with Gasteiger partial charge < -0.3 is 5.32 Å². The van der Waals surface area contributed by atoms with Crippen molar-refractivity contribution in [3.8, 4) is 0 Å². The average molecular weight is 260 g/mol. The van der Waals surface area contributed by atoms with Crippen molar-refractivity contribution in [3.63, 3.8) is 0 Å². The quantitative estimate of drug-likeness (QED) is 0.820. The zero-order valence-electron chi connectivity index (χ0n) is 11.6. The summed E-state index contributed by atoms with van der Waals surface area (Å²) in [5.74, 6) is 0.0712. The number of hydrogen-bond donors (Lipinski definition) is 2. The van der Waals surface area contributed by atoms with Gasteiger partial charge in [0.2, 0.25) is 11.8 Å². The lowest BCUT2D eigenvalue weighted by atomic mass is 9.99. The molecule has 1 aliphatic rings. The van der Waals surface area contributed by atoms with Gasteiger partial charge in [-0.3, -0.25) is 14.9 Å². The molecule has 102 valence electrons.